The van der Waals surface area contributed by atoms with Gasteiger partial charge in [-0.2, -0.15) is 0 Å². The molecule has 2 fully saturated rings. The van der Waals surface area contributed by atoms with Crippen LogP contribution in [-0.2, 0) is 28.5 Å². The quantitative estimate of drug-likeness (QED) is 0.133. The van der Waals surface area contributed by atoms with Gasteiger partial charge in [0.2, 0.25) is 0 Å². The Labute approximate surface area is 266 Å². The van der Waals surface area contributed by atoms with Crippen molar-refractivity contribution in [1.82, 2.24) is 0 Å². The van der Waals surface area contributed by atoms with Crippen LogP contribution >= 0.6 is 0 Å². The van der Waals surface area contributed by atoms with Gasteiger partial charge < -0.3 is 38.6 Å². The highest BCUT2D eigenvalue weighted by atomic mass is 16.6. The second kappa shape index (κ2) is 16.6. The summed E-state index contributed by atoms with van der Waals surface area (Å²) in [6.45, 7) is 8.22. The first-order valence-electron chi connectivity index (χ1n) is 15.0. The molecule has 2 saturated heterocycles. The van der Waals surface area contributed by atoms with Crippen LogP contribution in [0, 0.1) is 0 Å². The van der Waals surface area contributed by atoms with Gasteiger partial charge in [-0.15, -0.1) is 0 Å². The Morgan fingerprint density at radius 3 is 1.43 bits per heavy atom. The maximum absolute atomic E-state index is 12.1. The number of unbranched alkanes of at least 4 members (excludes halogenated alkanes) is 2. The summed E-state index contributed by atoms with van der Waals surface area (Å²) in [6.07, 6.45) is 3.59. The van der Waals surface area contributed by atoms with Crippen LogP contribution in [0.15, 0.2) is 61.7 Å². The van der Waals surface area contributed by atoms with Crippen LogP contribution in [0.3, 0.4) is 0 Å². The van der Waals surface area contributed by atoms with Gasteiger partial charge in [0.25, 0.3) is 0 Å². The highest BCUT2D eigenvalue weighted by Gasteiger charge is 2.50. The van der Waals surface area contributed by atoms with E-state index in [-0.39, 0.29) is 37.6 Å². The van der Waals surface area contributed by atoms with E-state index in [2.05, 4.69) is 13.2 Å². The molecule has 0 saturated carbocycles. The average molecular weight is 639 g/mol. The number of carbonyl (C=O) groups excluding carboxylic acids is 2. The Morgan fingerprint density at radius 1 is 0.674 bits per heavy atom. The van der Waals surface area contributed by atoms with Gasteiger partial charge in [-0.1, -0.05) is 13.2 Å². The van der Waals surface area contributed by atoms with Gasteiger partial charge in [-0.3, -0.25) is 0 Å². The average Bonchev–Trinajstić information content (AvgIpc) is 3.66. The summed E-state index contributed by atoms with van der Waals surface area (Å²) in [5, 5.41) is 19.9. The fourth-order valence-electron chi connectivity index (χ4n) is 5.55. The summed E-state index contributed by atoms with van der Waals surface area (Å²) < 4.78 is 34.0. The predicted molar refractivity (Wildman–Crippen MR) is 164 cm³/mol. The zero-order valence-electron chi connectivity index (χ0n) is 25.4. The van der Waals surface area contributed by atoms with E-state index in [0.29, 0.717) is 61.5 Å². The smallest absolute Gasteiger partial charge is 0.335 e. The number of esters is 2. The molecule has 0 amide bonds. The maximum atomic E-state index is 12.1. The Morgan fingerprint density at radius 2 is 1.07 bits per heavy atom. The summed E-state index contributed by atoms with van der Waals surface area (Å²) in [4.78, 5) is 46.6. The molecule has 0 aromatic heterocycles. The van der Waals surface area contributed by atoms with Crippen molar-refractivity contribution in [1.29, 1.82) is 0 Å². The van der Waals surface area contributed by atoms with Crippen molar-refractivity contribution in [2.24, 2.45) is 0 Å². The third-order valence-corrected chi connectivity index (χ3v) is 7.80. The van der Waals surface area contributed by atoms with Crippen molar-refractivity contribution < 1.29 is 57.8 Å². The van der Waals surface area contributed by atoms with E-state index in [1.807, 2.05) is 0 Å². The lowest BCUT2D eigenvalue weighted by Gasteiger charge is -2.20. The Kier molecular flexibility index (Phi) is 12.3. The predicted octanol–water partition coefficient (Wildman–Crippen LogP) is 4.52. The molecule has 12 nitrogen and oxygen atoms in total. The third-order valence-electron chi connectivity index (χ3n) is 7.80. The number of fused-ring (bicyclic) bond motifs is 1. The molecule has 2 aliphatic heterocycles. The minimum atomic E-state index is -1.10. The number of hydrogen-bond acceptors (Lipinski definition) is 10. The molecule has 2 N–H and O–H groups in total. The van der Waals surface area contributed by atoms with Crippen LogP contribution in [0.4, 0.5) is 0 Å². The molecule has 0 aliphatic carbocycles. The molecule has 0 spiro atoms. The van der Waals surface area contributed by atoms with E-state index in [9.17, 15) is 29.4 Å². The number of ether oxygens (including phenoxy) is 6. The molecule has 246 valence electrons. The molecular formula is C34H38O12. The summed E-state index contributed by atoms with van der Waals surface area (Å²) in [6, 6.07) is 9.54. The lowest BCUT2D eigenvalue weighted by atomic mass is 9.84. The summed E-state index contributed by atoms with van der Waals surface area (Å²) >= 11 is 0. The highest BCUT2D eigenvalue weighted by molar-refractivity contribution is 5.90. The third kappa shape index (κ3) is 8.73. The van der Waals surface area contributed by atoms with E-state index in [4.69, 9.17) is 28.4 Å². The van der Waals surface area contributed by atoms with E-state index >= 15 is 0 Å². The zero-order chi connectivity index (χ0) is 33.1. The van der Waals surface area contributed by atoms with Crippen LogP contribution in [0.1, 0.15) is 69.4 Å². The number of benzene rings is 2. The van der Waals surface area contributed by atoms with Gasteiger partial charge >= 0.3 is 23.9 Å². The summed E-state index contributed by atoms with van der Waals surface area (Å²) in [5.41, 5.74) is 1.22. The molecule has 2 aromatic rings. The number of carbonyl (C=O) groups is 4. The van der Waals surface area contributed by atoms with E-state index in [1.54, 1.807) is 24.3 Å². The minimum absolute atomic E-state index is 0.103. The van der Waals surface area contributed by atoms with Gasteiger partial charge in [0.1, 0.15) is 11.5 Å². The zero-order valence-corrected chi connectivity index (χ0v) is 25.4. The minimum Gasteiger partial charge on any atom is -0.494 e. The molecule has 46 heavy (non-hydrogen) atoms. The monoisotopic (exact) mass is 638 g/mol. The number of carboxylic acid groups (broad SMARTS) is 2. The molecule has 2 aliphatic rings. The van der Waals surface area contributed by atoms with Gasteiger partial charge in [0.05, 0.1) is 63.0 Å². The van der Waals surface area contributed by atoms with Crippen molar-refractivity contribution in [3.63, 3.8) is 0 Å². The fourth-order valence-corrected chi connectivity index (χ4v) is 5.55. The standard InChI is InChI=1S/C34H38O12/c1-3-29(35)43-15-7-5-13-41-21-9-11-23(33(37)38)25(17-21)27-19-45-32-28(20-46-31(27)32)26-18-22(10-12-24(26)34(39)40)42-14-6-8-16-44-30(36)4-2/h3-4,9-12,17-18,27-28,31-32H,1-2,5-8,13-16,19-20H2,(H,37,38)(H,39,40)/t27-,28-,31+,32+/m0/s1. The summed E-state index contributed by atoms with van der Waals surface area (Å²) in [7, 11) is 0. The van der Waals surface area contributed by atoms with Crippen molar-refractivity contribution in [2.75, 3.05) is 39.6 Å². The van der Waals surface area contributed by atoms with Crippen LogP contribution in [0.5, 0.6) is 11.5 Å². The van der Waals surface area contributed by atoms with E-state index in [0.717, 1.165) is 12.2 Å². The van der Waals surface area contributed by atoms with Crippen LogP contribution in [-0.4, -0.2) is 85.9 Å². The largest absolute Gasteiger partial charge is 0.494 e. The Hall–Kier alpha value is -4.68. The van der Waals surface area contributed by atoms with E-state index in [1.165, 1.54) is 12.1 Å². The lowest BCUT2D eigenvalue weighted by Crippen LogP contribution is -2.26. The molecule has 4 atom stereocenters. The molecule has 4 rings (SSSR count). The van der Waals surface area contributed by atoms with Crippen molar-refractivity contribution in [2.45, 2.75) is 49.7 Å². The van der Waals surface area contributed by atoms with Crippen molar-refractivity contribution >= 4 is 23.9 Å². The second-order valence-electron chi connectivity index (χ2n) is 10.8. The number of aromatic carboxylic acids is 2. The molecule has 12 heteroatoms. The van der Waals surface area contributed by atoms with Gasteiger partial charge in [0.15, 0.2) is 0 Å². The fraction of sp³-hybridized carbons (Fsp3) is 0.412. The number of hydrogen-bond donors (Lipinski definition) is 2. The molecule has 0 bridgehead atoms. The SMILES string of the molecule is C=CC(=O)OCCCCOc1ccc(C(=O)O)c([C@@H]2CO[C@H]3[C@@H]2OC[C@H]3c2cc(OCCCCOC(=O)C=C)ccc2C(=O)O)c1. The molecular weight excluding hydrogens is 600 g/mol. The lowest BCUT2D eigenvalue weighted by molar-refractivity contribution is -0.138. The topological polar surface area (TPSA) is 164 Å². The second-order valence-corrected chi connectivity index (χ2v) is 10.8. The van der Waals surface area contributed by atoms with Crippen LogP contribution < -0.4 is 9.47 Å². The molecule has 0 radical (unpaired) electrons. The highest BCUT2D eigenvalue weighted by Crippen LogP contribution is 2.46. The molecule has 0 unspecified atom stereocenters. The van der Waals surface area contributed by atoms with Crippen LogP contribution in [0.2, 0.25) is 0 Å². The van der Waals surface area contributed by atoms with Gasteiger partial charge in [0, 0.05) is 24.0 Å². The summed E-state index contributed by atoms with van der Waals surface area (Å²) in [5.74, 6) is -3.05. The first-order chi connectivity index (χ1) is 22.2. The normalized spacial score (nSPS) is 19.9. The Bertz CT molecular complexity index is 1330. The van der Waals surface area contributed by atoms with Gasteiger partial charge in [-0.05, 0) is 73.2 Å². The number of rotatable bonds is 18. The first-order valence-corrected chi connectivity index (χ1v) is 15.0. The molecule has 2 heterocycles. The van der Waals surface area contributed by atoms with E-state index < -0.39 is 47.9 Å². The molecule has 2 aromatic carbocycles. The Balaban J connectivity index is 1.42. The van der Waals surface area contributed by atoms with Crippen LogP contribution in [0.25, 0.3) is 0 Å². The first kappa shape index (κ1) is 34.2. The van der Waals surface area contributed by atoms with Gasteiger partial charge in [-0.25, -0.2) is 19.2 Å². The maximum Gasteiger partial charge on any atom is 0.335 e. The van der Waals surface area contributed by atoms with Crippen molar-refractivity contribution in [3.05, 3.63) is 84.0 Å². The number of carboxylic acids is 2. The van der Waals surface area contributed by atoms with Crippen molar-refractivity contribution in [3.8, 4) is 11.5 Å².